The molecule has 0 saturated carbocycles. The average Bonchev–Trinajstić information content (AvgIpc) is 2.74. The highest BCUT2D eigenvalue weighted by molar-refractivity contribution is 5.92. The number of nitrogens with one attached hydrogen (secondary N) is 3. The van der Waals surface area contributed by atoms with Crippen molar-refractivity contribution in [1.29, 1.82) is 0 Å². The second-order valence-electron chi connectivity index (χ2n) is 10.7. The summed E-state index contributed by atoms with van der Waals surface area (Å²) in [5.41, 5.74) is 1.07. The minimum atomic E-state index is -0.755. The van der Waals surface area contributed by atoms with Gasteiger partial charge in [-0.2, -0.15) is 0 Å². The predicted molar refractivity (Wildman–Crippen MR) is 140 cm³/mol. The Balaban J connectivity index is 2.95. The van der Waals surface area contributed by atoms with E-state index in [4.69, 9.17) is 0 Å². The van der Waals surface area contributed by atoms with Gasteiger partial charge in [0, 0.05) is 18.9 Å². The standard InChI is InChI=1S/C28H45N3O4/c1-18(2)15-24(30-25(33)16-19(3)4)27(34)31-26(20(5)6)28(35)29-23(14-13-21(7)32)17-22-11-9-8-10-12-22/h8-12,18-20,23-24,26H,13-17H2,1-7H3,(H,29,35)(H,30,33)(H,31,34). The molecule has 0 fully saturated rings. The summed E-state index contributed by atoms with van der Waals surface area (Å²) in [6.45, 7) is 13.2. The number of carbonyl (C=O) groups excluding carboxylic acids is 4. The molecule has 0 aliphatic heterocycles. The molecule has 0 radical (unpaired) electrons. The van der Waals surface area contributed by atoms with Crippen LogP contribution in [-0.2, 0) is 25.6 Å². The zero-order valence-corrected chi connectivity index (χ0v) is 22.5. The monoisotopic (exact) mass is 487 g/mol. The fourth-order valence-corrected chi connectivity index (χ4v) is 3.91. The Kier molecular flexibility index (Phi) is 13.3. The fraction of sp³-hybridized carbons (Fsp3) is 0.643. The number of hydrogen-bond acceptors (Lipinski definition) is 4. The zero-order chi connectivity index (χ0) is 26.5. The van der Waals surface area contributed by atoms with E-state index in [0.717, 1.165) is 5.56 Å². The molecule has 1 aromatic carbocycles. The first-order valence-electron chi connectivity index (χ1n) is 12.8. The molecule has 3 amide bonds. The summed E-state index contributed by atoms with van der Waals surface area (Å²) in [6, 6.07) is 8.12. The predicted octanol–water partition coefficient (Wildman–Crippen LogP) is 3.80. The number of carbonyl (C=O) groups is 4. The number of hydrogen-bond donors (Lipinski definition) is 3. The molecule has 0 aromatic heterocycles. The third kappa shape index (κ3) is 12.5. The van der Waals surface area contributed by atoms with Crippen LogP contribution in [-0.4, -0.2) is 41.6 Å². The lowest BCUT2D eigenvalue weighted by Gasteiger charge is -2.28. The van der Waals surface area contributed by atoms with E-state index in [1.54, 1.807) is 6.92 Å². The highest BCUT2D eigenvalue weighted by Gasteiger charge is 2.30. The molecular formula is C28H45N3O4. The smallest absolute Gasteiger partial charge is 0.243 e. The van der Waals surface area contributed by atoms with Crippen LogP contribution in [0.5, 0.6) is 0 Å². The average molecular weight is 488 g/mol. The normalized spacial score (nSPS) is 13.9. The lowest BCUT2D eigenvalue weighted by atomic mass is 9.97. The maximum Gasteiger partial charge on any atom is 0.243 e. The largest absolute Gasteiger partial charge is 0.351 e. The lowest BCUT2D eigenvalue weighted by Crippen LogP contribution is -2.57. The van der Waals surface area contributed by atoms with Gasteiger partial charge >= 0.3 is 0 Å². The van der Waals surface area contributed by atoms with Gasteiger partial charge in [-0.3, -0.25) is 14.4 Å². The number of rotatable bonds is 15. The topological polar surface area (TPSA) is 104 Å². The Morgan fingerprint density at radius 1 is 0.800 bits per heavy atom. The molecule has 196 valence electrons. The summed E-state index contributed by atoms with van der Waals surface area (Å²) in [4.78, 5) is 50.4. The van der Waals surface area contributed by atoms with Crippen molar-refractivity contribution in [2.75, 3.05) is 0 Å². The summed E-state index contributed by atoms with van der Waals surface area (Å²) < 4.78 is 0. The van der Waals surface area contributed by atoms with Crippen LogP contribution >= 0.6 is 0 Å². The maximum atomic E-state index is 13.3. The van der Waals surface area contributed by atoms with E-state index in [-0.39, 0.29) is 47.3 Å². The Morgan fingerprint density at radius 3 is 1.94 bits per heavy atom. The van der Waals surface area contributed by atoms with Crippen molar-refractivity contribution >= 4 is 23.5 Å². The Bertz CT molecular complexity index is 821. The van der Waals surface area contributed by atoms with E-state index in [9.17, 15) is 19.2 Å². The summed E-state index contributed by atoms with van der Waals surface area (Å²) in [5.74, 6) is -0.516. The van der Waals surface area contributed by atoms with Gasteiger partial charge in [0.15, 0.2) is 0 Å². The molecule has 7 heteroatoms. The van der Waals surface area contributed by atoms with Gasteiger partial charge in [-0.15, -0.1) is 0 Å². The van der Waals surface area contributed by atoms with Gasteiger partial charge in [-0.05, 0) is 49.5 Å². The summed E-state index contributed by atoms with van der Waals surface area (Å²) in [7, 11) is 0. The van der Waals surface area contributed by atoms with Crippen LogP contribution in [0.2, 0.25) is 0 Å². The van der Waals surface area contributed by atoms with Crippen molar-refractivity contribution in [3.8, 4) is 0 Å². The van der Waals surface area contributed by atoms with Crippen LogP contribution < -0.4 is 16.0 Å². The van der Waals surface area contributed by atoms with Gasteiger partial charge in [-0.1, -0.05) is 71.9 Å². The molecule has 0 bridgehead atoms. The maximum absolute atomic E-state index is 13.3. The van der Waals surface area contributed by atoms with Gasteiger partial charge in [-0.25, -0.2) is 0 Å². The highest BCUT2D eigenvalue weighted by Crippen LogP contribution is 2.12. The van der Waals surface area contributed by atoms with Gasteiger partial charge in [0.1, 0.15) is 17.9 Å². The van der Waals surface area contributed by atoms with Crippen LogP contribution in [0.25, 0.3) is 0 Å². The van der Waals surface area contributed by atoms with Gasteiger partial charge < -0.3 is 20.7 Å². The third-order valence-corrected chi connectivity index (χ3v) is 5.72. The van der Waals surface area contributed by atoms with E-state index in [0.29, 0.717) is 32.1 Å². The fourth-order valence-electron chi connectivity index (χ4n) is 3.91. The molecule has 3 unspecified atom stereocenters. The molecule has 0 aliphatic rings. The van der Waals surface area contributed by atoms with Crippen LogP contribution in [0, 0.1) is 17.8 Å². The second kappa shape index (κ2) is 15.3. The summed E-state index contributed by atoms with van der Waals surface area (Å²) in [5, 5.41) is 8.79. The van der Waals surface area contributed by atoms with Crippen LogP contribution in [0.1, 0.15) is 79.7 Å². The molecule has 1 aromatic rings. The van der Waals surface area contributed by atoms with Crippen LogP contribution in [0.4, 0.5) is 0 Å². The van der Waals surface area contributed by atoms with Crippen molar-refractivity contribution in [2.45, 2.75) is 98.7 Å². The molecule has 3 N–H and O–H groups in total. The van der Waals surface area contributed by atoms with Crippen molar-refractivity contribution < 1.29 is 19.2 Å². The number of Topliss-reactive ketones (excluding diaryl/α,β-unsaturated/α-hetero) is 1. The molecule has 7 nitrogen and oxygen atoms in total. The third-order valence-electron chi connectivity index (χ3n) is 5.72. The van der Waals surface area contributed by atoms with Gasteiger partial charge in [0.25, 0.3) is 0 Å². The van der Waals surface area contributed by atoms with Crippen LogP contribution in [0.15, 0.2) is 30.3 Å². The molecule has 0 aliphatic carbocycles. The Hall–Kier alpha value is -2.70. The lowest BCUT2D eigenvalue weighted by molar-refractivity contribution is -0.133. The van der Waals surface area contributed by atoms with E-state index < -0.39 is 12.1 Å². The molecule has 1 rings (SSSR count). The first kappa shape index (κ1) is 30.3. The first-order chi connectivity index (χ1) is 16.4. The van der Waals surface area contributed by atoms with E-state index in [1.807, 2.05) is 71.9 Å². The molecular weight excluding hydrogens is 442 g/mol. The number of ketones is 1. The molecule has 0 spiro atoms. The Morgan fingerprint density at radius 2 is 1.43 bits per heavy atom. The van der Waals surface area contributed by atoms with Gasteiger partial charge in [0.05, 0.1) is 0 Å². The van der Waals surface area contributed by atoms with E-state index in [2.05, 4.69) is 16.0 Å². The van der Waals surface area contributed by atoms with Gasteiger partial charge in [0.2, 0.25) is 17.7 Å². The van der Waals surface area contributed by atoms with E-state index in [1.165, 1.54) is 0 Å². The van der Waals surface area contributed by atoms with Crippen molar-refractivity contribution in [1.82, 2.24) is 16.0 Å². The SMILES string of the molecule is CC(=O)CCC(Cc1ccccc1)NC(=O)C(NC(=O)C(CC(C)C)NC(=O)CC(C)C)C(C)C. The molecule has 35 heavy (non-hydrogen) atoms. The first-order valence-corrected chi connectivity index (χ1v) is 12.8. The van der Waals surface area contributed by atoms with Crippen molar-refractivity contribution in [3.05, 3.63) is 35.9 Å². The molecule has 3 atom stereocenters. The second-order valence-corrected chi connectivity index (χ2v) is 10.7. The van der Waals surface area contributed by atoms with Crippen LogP contribution in [0.3, 0.4) is 0 Å². The minimum absolute atomic E-state index is 0.0692. The number of benzene rings is 1. The highest BCUT2D eigenvalue weighted by atomic mass is 16.2. The summed E-state index contributed by atoms with van der Waals surface area (Å²) >= 11 is 0. The molecule has 0 saturated heterocycles. The van der Waals surface area contributed by atoms with Crippen molar-refractivity contribution in [3.63, 3.8) is 0 Å². The summed E-state index contributed by atoms with van der Waals surface area (Å²) in [6.07, 6.45) is 2.31. The Labute approximate surface area is 211 Å². The minimum Gasteiger partial charge on any atom is -0.351 e. The van der Waals surface area contributed by atoms with Crippen molar-refractivity contribution in [2.24, 2.45) is 17.8 Å². The quantitative estimate of drug-likeness (QED) is 0.350. The zero-order valence-electron chi connectivity index (χ0n) is 22.5. The number of amides is 3. The molecule has 0 heterocycles. The van der Waals surface area contributed by atoms with E-state index >= 15 is 0 Å².